The Balaban J connectivity index is 2.12. The molecule has 0 radical (unpaired) electrons. The van der Waals surface area contributed by atoms with Crippen LogP contribution in [0.15, 0.2) is 60.7 Å². The number of nitrogens with one attached hydrogen (secondary N) is 3. The van der Waals surface area contributed by atoms with E-state index in [1.54, 1.807) is 60.7 Å². The Kier molecular flexibility index (Phi) is 11.9. The van der Waals surface area contributed by atoms with Gasteiger partial charge in [0.15, 0.2) is 0 Å². The molecule has 2 rings (SSSR count). The zero-order chi connectivity index (χ0) is 28.1. The van der Waals surface area contributed by atoms with E-state index in [9.17, 15) is 34.2 Å². The van der Waals surface area contributed by atoms with Gasteiger partial charge in [-0.3, -0.25) is 19.2 Å². The first-order chi connectivity index (χ1) is 18.1. The van der Waals surface area contributed by atoms with Crippen LogP contribution >= 0.6 is 0 Å². The van der Waals surface area contributed by atoms with Gasteiger partial charge in [-0.2, -0.15) is 0 Å². The van der Waals surface area contributed by atoms with E-state index in [0.717, 1.165) is 0 Å². The number of nitrogens with two attached hydrogens (primary N) is 1. The number of benzene rings is 2. The lowest BCUT2D eigenvalue weighted by Crippen LogP contribution is -2.58. The molecule has 0 heterocycles. The van der Waals surface area contributed by atoms with Crippen LogP contribution in [0.4, 0.5) is 0 Å². The number of carbonyl (C=O) groups excluding carboxylic acids is 3. The molecule has 0 aromatic heterocycles. The minimum Gasteiger partial charge on any atom is -0.481 e. The molecule has 0 bridgehead atoms. The van der Waals surface area contributed by atoms with Crippen molar-refractivity contribution in [1.29, 1.82) is 0 Å². The van der Waals surface area contributed by atoms with E-state index >= 15 is 0 Å². The van der Waals surface area contributed by atoms with Crippen LogP contribution in [0.25, 0.3) is 0 Å². The van der Waals surface area contributed by atoms with Gasteiger partial charge >= 0.3 is 11.9 Å². The standard InChI is InChI=1S/C26H32N4O8/c27-18(11-12-22(32)33)23(34)28-19(13-16-7-3-1-4-8-16)24(35)30-21(15-31)25(36)29-20(26(37)38)14-17-9-5-2-6-10-17/h1-10,18-21,31H,11-15,27H2,(H,28,34)(H,29,36)(H,30,35)(H,32,33)(H,37,38). The molecular weight excluding hydrogens is 496 g/mol. The summed E-state index contributed by atoms with van der Waals surface area (Å²) in [4.78, 5) is 60.9. The van der Waals surface area contributed by atoms with Crippen LogP contribution in [0.2, 0.25) is 0 Å². The van der Waals surface area contributed by atoms with Crippen molar-refractivity contribution in [2.45, 2.75) is 49.9 Å². The van der Waals surface area contributed by atoms with Gasteiger partial charge in [0.05, 0.1) is 12.6 Å². The predicted molar refractivity (Wildman–Crippen MR) is 136 cm³/mol. The number of aliphatic carboxylic acids is 2. The molecule has 12 nitrogen and oxygen atoms in total. The summed E-state index contributed by atoms with van der Waals surface area (Å²) in [5.74, 6) is -4.93. The SMILES string of the molecule is NC(CCC(=O)O)C(=O)NC(Cc1ccccc1)C(=O)NC(CO)C(=O)NC(Cc1ccccc1)C(=O)O. The highest BCUT2D eigenvalue weighted by Crippen LogP contribution is 2.07. The Morgan fingerprint density at radius 2 is 1.13 bits per heavy atom. The van der Waals surface area contributed by atoms with Crippen LogP contribution in [-0.4, -0.2) is 75.8 Å². The van der Waals surface area contributed by atoms with Crippen molar-refractivity contribution in [3.8, 4) is 0 Å². The summed E-state index contributed by atoms with van der Waals surface area (Å²) < 4.78 is 0. The van der Waals surface area contributed by atoms with Crippen molar-refractivity contribution in [3.63, 3.8) is 0 Å². The minimum atomic E-state index is -1.50. The number of rotatable bonds is 15. The zero-order valence-electron chi connectivity index (χ0n) is 20.6. The molecule has 0 saturated carbocycles. The maximum Gasteiger partial charge on any atom is 0.326 e. The fourth-order valence-corrected chi connectivity index (χ4v) is 3.54. The van der Waals surface area contributed by atoms with Crippen LogP contribution in [0, 0.1) is 0 Å². The summed E-state index contributed by atoms with van der Waals surface area (Å²) in [5.41, 5.74) is 7.10. The van der Waals surface area contributed by atoms with Crippen molar-refractivity contribution in [2.75, 3.05) is 6.61 Å². The van der Waals surface area contributed by atoms with Gasteiger partial charge in [0, 0.05) is 19.3 Å². The Bertz CT molecular complexity index is 1100. The Morgan fingerprint density at radius 1 is 0.684 bits per heavy atom. The second-order valence-corrected chi connectivity index (χ2v) is 8.62. The molecule has 4 unspecified atom stereocenters. The van der Waals surface area contributed by atoms with Crippen molar-refractivity contribution in [2.24, 2.45) is 5.73 Å². The molecule has 0 fully saturated rings. The molecule has 2 aromatic rings. The first kappa shape index (κ1) is 29.9. The number of aliphatic hydroxyl groups is 1. The van der Waals surface area contributed by atoms with E-state index < -0.39 is 60.4 Å². The highest BCUT2D eigenvalue weighted by Gasteiger charge is 2.30. The topological polar surface area (TPSA) is 208 Å². The third-order valence-corrected chi connectivity index (χ3v) is 5.63. The van der Waals surface area contributed by atoms with Crippen molar-refractivity contribution < 1.29 is 39.3 Å². The average molecular weight is 529 g/mol. The summed E-state index contributed by atoms with van der Waals surface area (Å²) in [6, 6.07) is 12.0. The summed E-state index contributed by atoms with van der Waals surface area (Å²) >= 11 is 0. The number of carboxylic acid groups (broad SMARTS) is 2. The van der Waals surface area contributed by atoms with Gasteiger partial charge in [-0.05, 0) is 17.5 Å². The Hall–Kier alpha value is -4.29. The third-order valence-electron chi connectivity index (χ3n) is 5.63. The number of carboxylic acids is 2. The first-order valence-corrected chi connectivity index (χ1v) is 11.9. The first-order valence-electron chi connectivity index (χ1n) is 11.9. The maximum atomic E-state index is 13.1. The smallest absolute Gasteiger partial charge is 0.326 e. The lowest BCUT2D eigenvalue weighted by Gasteiger charge is -2.24. The fraction of sp³-hybridized carbons (Fsp3) is 0.346. The van der Waals surface area contributed by atoms with Gasteiger partial charge < -0.3 is 37.0 Å². The third kappa shape index (κ3) is 9.99. The molecule has 3 amide bonds. The highest BCUT2D eigenvalue weighted by atomic mass is 16.4. The normalized spacial score (nSPS) is 13.8. The summed E-state index contributed by atoms with van der Waals surface area (Å²) in [7, 11) is 0. The largest absolute Gasteiger partial charge is 0.481 e. The highest BCUT2D eigenvalue weighted by molar-refractivity contribution is 5.94. The van der Waals surface area contributed by atoms with Crippen LogP contribution in [0.5, 0.6) is 0 Å². The molecule has 0 spiro atoms. The van der Waals surface area contributed by atoms with E-state index in [2.05, 4.69) is 16.0 Å². The van der Waals surface area contributed by atoms with Gasteiger partial charge in [-0.15, -0.1) is 0 Å². The van der Waals surface area contributed by atoms with E-state index in [0.29, 0.717) is 11.1 Å². The quantitative estimate of drug-likeness (QED) is 0.154. The molecule has 2 aromatic carbocycles. The van der Waals surface area contributed by atoms with Crippen molar-refractivity contribution in [3.05, 3.63) is 71.8 Å². The molecule has 12 heteroatoms. The number of hydrogen-bond acceptors (Lipinski definition) is 7. The summed E-state index contributed by atoms with van der Waals surface area (Å²) in [5, 5.41) is 35.3. The molecule has 0 aliphatic rings. The molecule has 4 atom stereocenters. The maximum absolute atomic E-state index is 13.1. The summed E-state index contributed by atoms with van der Waals surface area (Å²) in [6.45, 7) is -0.834. The van der Waals surface area contributed by atoms with Crippen LogP contribution in [-0.2, 0) is 36.8 Å². The number of aliphatic hydroxyl groups excluding tert-OH is 1. The summed E-state index contributed by atoms with van der Waals surface area (Å²) in [6.07, 6.45) is -0.504. The molecule has 38 heavy (non-hydrogen) atoms. The lowest BCUT2D eigenvalue weighted by molar-refractivity contribution is -0.142. The second-order valence-electron chi connectivity index (χ2n) is 8.62. The van der Waals surface area contributed by atoms with Gasteiger partial charge in [0.1, 0.15) is 18.1 Å². The van der Waals surface area contributed by atoms with Crippen molar-refractivity contribution in [1.82, 2.24) is 16.0 Å². The van der Waals surface area contributed by atoms with E-state index in [1.807, 2.05) is 0 Å². The van der Waals surface area contributed by atoms with Crippen LogP contribution in [0.1, 0.15) is 24.0 Å². The molecule has 0 saturated heterocycles. The Labute approximate surface area is 219 Å². The van der Waals surface area contributed by atoms with Crippen LogP contribution < -0.4 is 21.7 Å². The van der Waals surface area contributed by atoms with Gasteiger partial charge in [-0.1, -0.05) is 60.7 Å². The monoisotopic (exact) mass is 528 g/mol. The minimum absolute atomic E-state index is 0.00951. The number of amides is 3. The molecule has 0 aliphatic heterocycles. The number of carbonyl (C=O) groups is 5. The predicted octanol–water partition coefficient (Wildman–Crippen LogP) is -0.805. The molecule has 0 aliphatic carbocycles. The molecule has 204 valence electrons. The van der Waals surface area contributed by atoms with E-state index in [1.165, 1.54) is 0 Å². The zero-order valence-corrected chi connectivity index (χ0v) is 20.6. The second kappa shape index (κ2) is 15.1. The lowest BCUT2D eigenvalue weighted by atomic mass is 10.0. The van der Waals surface area contributed by atoms with E-state index in [4.69, 9.17) is 10.8 Å². The van der Waals surface area contributed by atoms with E-state index in [-0.39, 0.29) is 25.7 Å². The molecular formula is C26H32N4O8. The van der Waals surface area contributed by atoms with Crippen molar-refractivity contribution >= 4 is 29.7 Å². The van der Waals surface area contributed by atoms with Gasteiger partial charge in [-0.25, -0.2) is 4.79 Å². The van der Waals surface area contributed by atoms with Gasteiger partial charge in [0.2, 0.25) is 17.7 Å². The number of hydrogen-bond donors (Lipinski definition) is 7. The average Bonchev–Trinajstić information content (AvgIpc) is 2.90. The van der Waals surface area contributed by atoms with Gasteiger partial charge in [0.25, 0.3) is 0 Å². The Morgan fingerprint density at radius 3 is 1.61 bits per heavy atom. The fourth-order valence-electron chi connectivity index (χ4n) is 3.54. The van der Waals surface area contributed by atoms with Crippen LogP contribution in [0.3, 0.4) is 0 Å². The molecule has 8 N–H and O–H groups in total.